The van der Waals surface area contributed by atoms with Crippen LogP contribution in [-0.2, 0) is 13.1 Å². The molecule has 0 bridgehead atoms. The van der Waals surface area contributed by atoms with Crippen molar-refractivity contribution >= 4 is 21.8 Å². The molecule has 5 rings (SSSR count). The number of aliphatic hydroxyl groups is 2. The Balaban J connectivity index is 1.23. The van der Waals surface area contributed by atoms with E-state index in [1.165, 1.54) is 43.1 Å². The summed E-state index contributed by atoms with van der Waals surface area (Å²) < 4.78 is 8.32. The molecular weight excluding hydrogens is 474 g/mol. The number of aromatic nitrogens is 1. The summed E-state index contributed by atoms with van der Waals surface area (Å²) in [4.78, 5) is 4.73. The highest BCUT2D eigenvalue weighted by Crippen LogP contribution is 2.29. The molecule has 0 saturated carbocycles. The number of rotatable bonds is 13. The average Bonchev–Trinajstić information content (AvgIpc) is 3.26. The van der Waals surface area contributed by atoms with Crippen LogP contribution in [0.5, 0.6) is 5.75 Å². The molecule has 1 saturated heterocycles. The molecule has 0 amide bonds. The van der Waals surface area contributed by atoms with Gasteiger partial charge in [-0.05, 0) is 62.2 Å². The first-order valence-electron chi connectivity index (χ1n) is 14.1. The maximum Gasteiger partial charge on any atom is 0.119 e. The molecule has 0 aliphatic carbocycles. The summed E-state index contributed by atoms with van der Waals surface area (Å²) in [6.07, 6.45) is 4.06. The molecule has 6 heteroatoms. The molecular formula is C32H41N3O3. The van der Waals surface area contributed by atoms with Gasteiger partial charge in [0.1, 0.15) is 12.4 Å². The maximum atomic E-state index is 11.2. The number of aliphatic hydroxyl groups excluding tert-OH is 2. The van der Waals surface area contributed by atoms with Gasteiger partial charge in [0.05, 0.1) is 12.6 Å². The topological polar surface area (TPSA) is 61.1 Å². The van der Waals surface area contributed by atoms with Crippen molar-refractivity contribution < 1.29 is 14.9 Å². The van der Waals surface area contributed by atoms with Crippen molar-refractivity contribution in [2.24, 2.45) is 0 Å². The highest BCUT2D eigenvalue weighted by molar-refractivity contribution is 6.07. The van der Waals surface area contributed by atoms with Gasteiger partial charge in [-0.1, -0.05) is 55.0 Å². The first-order valence-corrected chi connectivity index (χ1v) is 14.1. The van der Waals surface area contributed by atoms with E-state index in [1.807, 2.05) is 12.1 Å². The molecule has 1 fully saturated rings. The minimum Gasteiger partial charge on any atom is -0.492 e. The molecule has 6 nitrogen and oxygen atoms in total. The van der Waals surface area contributed by atoms with E-state index in [4.69, 9.17) is 4.74 Å². The van der Waals surface area contributed by atoms with E-state index in [0.717, 1.165) is 35.4 Å². The Morgan fingerprint density at radius 2 is 1.58 bits per heavy atom. The van der Waals surface area contributed by atoms with Crippen LogP contribution in [0.25, 0.3) is 21.8 Å². The summed E-state index contributed by atoms with van der Waals surface area (Å²) in [6, 6.07) is 25.1. The van der Waals surface area contributed by atoms with Crippen molar-refractivity contribution in [2.75, 3.05) is 45.9 Å². The fraction of sp³-hybridized carbons (Fsp3) is 0.438. The Morgan fingerprint density at radius 3 is 2.29 bits per heavy atom. The van der Waals surface area contributed by atoms with Crippen LogP contribution >= 0.6 is 0 Å². The van der Waals surface area contributed by atoms with Crippen molar-refractivity contribution in [3.63, 3.8) is 0 Å². The molecule has 1 aromatic heterocycles. The zero-order valence-electron chi connectivity index (χ0n) is 22.3. The molecule has 1 aliphatic rings. The van der Waals surface area contributed by atoms with E-state index in [-0.39, 0.29) is 6.61 Å². The second-order valence-corrected chi connectivity index (χ2v) is 10.5. The Morgan fingerprint density at radius 1 is 0.868 bits per heavy atom. The van der Waals surface area contributed by atoms with Gasteiger partial charge in [0.2, 0.25) is 0 Å². The molecule has 2 heterocycles. The third-order valence-corrected chi connectivity index (χ3v) is 7.60. The molecule has 2 N–H and O–H groups in total. The lowest BCUT2D eigenvalue weighted by molar-refractivity contribution is 0.0921. The van der Waals surface area contributed by atoms with Gasteiger partial charge in [-0.15, -0.1) is 0 Å². The Labute approximate surface area is 226 Å². The molecule has 38 heavy (non-hydrogen) atoms. The zero-order valence-corrected chi connectivity index (χ0v) is 22.3. The summed E-state index contributed by atoms with van der Waals surface area (Å²) in [7, 11) is 0. The first kappa shape index (κ1) is 26.7. The van der Waals surface area contributed by atoms with E-state index in [9.17, 15) is 10.2 Å². The fourth-order valence-electron chi connectivity index (χ4n) is 5.76. The minimum atomic E-state index is -0.545. The second kappa shape index (κ2) is 13.3. The Kier molecular flexibility index (Phi) is 9.31. The van der Waals surface area contributed by atoms with Gasteiger partial charge in [-0.3, -0.25) is 9.80 Å². The predicted octanol–water partition coefficient (Wildman–Crippen LogP) is 4.90. The number of hydrogen-bond donors (Lipinski definition) is 2. The summed E-state index contributed by atoms with van der Waals surface area (Å²) >= 11 is 0. The number of hydrogen-bond acceptors (Lipinski definition) is 5. The molecule has 4 aromatic rings. The normalized spacial score (nSPS) is 15.4. The van der Waals surface area contributed by atoms with Crippen LogP contribution < -0.4 is 4.74 Å². The molecule has 1 aliphatic heterocycles. The summed E-state index contributed by atoms with van der Waals surface area (Å²) in [5, 5.41) is 23.1. The largest absolute Gasteiger partial charge is 0.492 e. The number of piperidine rings is 1. The standard InChI is InChI=1S/C32H41N3O3/c36-20-9-18-34(23-26-10-8-11-28(22-26)38-21-19-33-16-6-1-7-17-33)24-27(37)25-35-31-14-4-2-12-29(31)30-13-3-5-15-32(30)35/h2-5,8,10-15,22,27,36-37H,1,6-7,9,16-21,23-25H2/t27-/m1/s1. The molecule has 0 radical (unpaired) electrons. The minimum absolute atomic E-state index is 0.138. The van der Waals surface area contributed by atoms with Crippen LogP contribution in [0.2, 0.25) is 0 Å². The summed E-state index contributed by atoms with van der Waals surface area (Å²) in [5.41, 5.74) is 3.44. The molecule has 0 spiro atoms. The maximum absolute atomic E-state index is 11.2. The molecule has 202 valence electrons. The van der Waals surface area contributed by atoms with Crippen molar-refractivity contribution in [1.82, 2.24) is 14.4 Å². The van der Waals surface area contributed by atoms with E-state index >= 15 is 0 Å². The van der Waals surface area contributed by atoms with Crippen molar-refractivity contribution in [3.05, 3.63) is 78.4 Å². The van der Waals surface area contributed by atoms with E-state index in [2.05, 4.69) is 75.0 Å². The van der Waals surface area contributed by atoms with E-state index in [1.54, 1.807) is 0 Å². The van der Waals surface area contributed by atoms with Crippen molar-refractivity contribution in [2.45, 2.75) is 44.9 Å². The highest BCUT2D eigenvalue weighted by Gasteiger charge is 2.17. The summed E-state index contributed by atoms with van der Waals surface area (Å²) in [5.74, 6) is 0.896. The predicted molar refractivity (Wildman–Crippen MR) is 155 cm³/mol. The fourth-order valence-corrected chi connectivity index (χ4v) is 5.76. The summed E-state index contributed by atoms with van der Waals surface area (Å²) in [6.45, 7) is 6.65. The van der Waals surface area contributed by atoms with Crippen LogP contribution in [0, 0.1) is 0 Å². The second-order valence-electron chi connectivity index (χ2n) is 10.5. The zero-order chi connectivity index (χ0) is 26.2. The Bertz CT molecular complexity index is 1240. The van der Waals surface area contributed by atoms with Gasteiger partial charge in [0.25, 0.3) is 0 Å². The smallest absolute Gasteiger partial charge is 0.119 e. The number of fused-ring (bicyclic) bond motifs is 3. The lowest BCUT2D eigenvalue weighted by Crippen LogP contribution is -2.35. The quantitative estimate of drug-likeness (QED) is 0.265. The SMILES string of the molecule is OCCCN(Cc1cccc(OCCN2CCCCC2)c1)C[C@@H](O)Cn1c2ccccc2c2ccccc21. The highest BCUT2D eigenvalue weighted by atomic mass is 16.5. The van der Waals surface area contributed by atoms with E-state index < -0.39 is 6.10 Å². The Hall–Kier alpha value is -2.90. The molecule has 0 unspecified atom stereocenters. The van der Waals surface area contributed by atoms with Crippen LogP contribution in [0.1, 0.15) is 31.2 Å². The van der Waals surface area contributed by atoms with Crippen LogP contribution in [-0.4, -0.2) is 76.6 Å². The van der Waals surface area contributed by atoms with Gasteiger partial charge < -0.3 is 19.5 Å². The lowest BCUT2D eigenvalue weighted by atomic mass is 10.1. The third-order valence-electron chi connectivity index (χ3n) is 7.60. The number of nitrogens with zero attached hydrogens (tertiary/aromatic N) is 3. The van der Waals surface area contributed by atoms with Gasteiger partial charge in [-0.25, -0.2) is 0 Å². The molecule has 1 atom stereocenters. The number of likely N-dealkylation sites (tertiary alicyclic amines) is 1. The van der Waals surface area contributed by atoms with Crippen molar-refractivity contribution in [1.29, 1.82) is 0 Å². The lowest BCUT2D eigenvalue weighted by Gasteiger charge is -2.26. The van der Waals surface area contributed by atoms with Crippen LogP contribution in [0.15, 0.2) is 72.8 Å². The third kappa shape index (κ3) is 6.75. The van der Waals surface area contributed by atoms with Gasteiger partial charge in [-0.2, -0.15) is 0 Å². The van der Waals surface area contributed by atoms with Gasteiger partial charge in [0, 0.05) is 54.6 Å². The van der Waals surface area contributed by atoms with Crippen LogP contribution in [0.4, 0.5) is 0 Å². The monoisotopic (exact) mass is 515 g/mol. The number of benzene rings is 3. The molecule has 3 aromatic carbocycles. The number of ether oxygens (including phenoxy) is 1. The van der Waals surface area contributed by atoms with Gasteiger partial charge >= 0.3 is 0 Å². The van der Waals surface area contributed by atoms with E-state index in [0.29, 0.717) is 32.7 Å². The van der Waals surface area contributed by atoms with Gasteiger partial charge in [0.15, 0.2) is 0 Å². The van der Waals surface area contributed by atoms with Crippen molar-refractivity contribution in [3.8, 4) is 5.75 Å². The first-order chi connectivity index (χ1) is 18.7. The van der Waals surface area contributed by atoms with Crippen LogP contribution in [0.3, 0.4) is 0 Å². The number of para-hydroxylation sites is 2. The average molecular weight is 516 g/mol.